The SMILES string of the molecule is CNC(C(C)=O)C(C)OCc1ccccc1. The Hall–Kier alpha value is -1.19. The van der Waals surface area contributed by atoms with Gasteiger partial charge in [-0.3, -0.25) is 4.79 Å². The summed E-state index contributed by atoms with van der Waals surface area (Å²) in [7, 11) is 1.77. The molecule has 3 nitrogen and oxygen atoms in total. The van der Waals surface area contributed by atoms with E-state index in [4.69, 9.17) is 4.74 Å². The zero-order valence-electron chi connectivity index (χ0n) is 10.1. The van der Waals surface area contributed by atoms with E-state index < -0.39 is 0 Å². The third-order valence-corrected chi connectivity index (χ3v) is 2.57. The number of ether oxygens (including phenoxy) is 1. The second-order valence-electron chi connectivity index (χ2n) is 3.88. The maximum absolute atomic E-state index is 11.3. The molecule has 0 bridgehead atoms. The van der Waals surface area contributed by atoms with E-state index in [0.29, 0.717) is 6.61 Å². The Morgan fingerprint density at radius 1 is 1.38 bits per heavy atom. The van der Waals surface area contributed by atoms with Gasteiger partial charge in [-0.2, -0.15) is 0 Å². The Bertz CT molecular complexity index is 324. The number of benzene rings is 1. The van der Waals surface area contributed by atoms with Gasteiger partial charge in [-0.25, -0.2) is 0 Å². The Morgan fingerprint density at radius 2 is 2.00 bits per heavy atom. The van der Waals surface area contributed by atoms with Crippen LogP contribution >= 0.6 is 0 Å². The fraction of sp³-hybridized carbons (Fsp3) is 0.462. The maximum Gasteiger partial charge on any atom is 0.149 e. The van der Waals surface area contributed by atoms with Gasteiger partial charge in [0.2, 0.25) is 0 Å². The van der Waals surface area contributed by atoms with E-state index in [0.717, 1.165) is 5.56 Å². The number of hydrogen-bond acceptors (Lipinski definition) is 3. The normalized spacial score (nSPS) is 14.4. The van der Waals surface area contributed by atoms with Crippen LogP contribution in [0.1, 0.15) is 19.4 Å². The predicted octanol–water partition coefficient (Wildman–Crippen LogP) is 1.77. The van der Waals surface area contributed by atoms with Crippen LogP contribution in [0.15, 0.2) is 30.3 Å². The summed E-state index contributed by atoms with van der Waals surface area (Å²) >= 11 is 0. The highest BCUT2D eigenvalue weighted by molar-refractivity contribution is 5.82. The van der Waals surface area contributed by atoms with Crippen LogP contribution in [0.5, 0.6) is 0 Å². The highest BCUT2D eigenvalue weighted by Crippen LogP contribution is 2.06. The second kappa shape index (κ2) is 6.40. The lowest BCUT2D eigenvalue weighted by atomic mass is 10.1. The van der Waals surface area contributed by atoms with Gasteiger partial charge in [0.05, 0.1) is 18.8 Å². The van der Waals surface area contributed by atoms with Crippen molar-refractivity contribution in [2.75, 3.05) is 7.05 Å². The minimum atomic E-state index is -0.233. The molecule has 1 N–H and O–H groups in total. The molecular formula is C13H19NO2. The summed E-state index contributed by atoms with van der Waals surface area (Å²) in [6.07, 6.45) is -0.122. The van der Waals surface area contributed by atoms with E-state index in [2.05, 4.69) is 5.32 Å². The van der Waals surface area contributed by atoms with Crippen LogP contribution in [0.25, 0.3) is 0 Å². The van der Waals surface area contributed by atoms with Gasteiger partial charge in [0.15, 0.2) is 0 Å². The minimum absolute atomic E-state index is 0.100. The van der Waals surface area contributed by atoms with Crippen LogP contribution in [0.2, 0.25) is 0 Å². The fourth-order valence-corrected chi connectivity index (χ4v) is 1.67. The molecule has 0 saturated heterocycles. The van der Waals surface area contributed by atoms with Crippen molar-refractivity contribution >= 4 is 5.78 Å². The number of carbonyl (C=O) groups excluding carboxylic acids is 1. The molecule has 16 heavy (non-hydrogen) atoms. The van der Waals surface area contributed by atoms with Crippen molar-refractivity contribution in [1.29, 1.82) is 0 Å². The summed E-state index contributed by atoms with van der Waals surface area (Å²) in [6.45, 7) is 4.02. The second-order valence-corrected chi connectivity index (χ2v) is 3.88. The van der Waals surface area contributed by atoms with E-state index in [9.17, 15) is 4.79 Å². The van der Waals surface area contributed by atoms with E-state index in [-0.39, 0.29) is 17.9 Å². The highest BCUT2D eigenvalue weighted by Gasteiger charge is 2.20. The van der Waals surface area contributed by atoms with Gasteiger partial charge < -0.3 is 10.1 Å². The zero-order chi connectivity index (χ0) is 12.0. The van der Waals surface area contributed by atoms with Crippen molar-refractivity contribution in [3.05, 3.63) is 35.9 Å². The third-order valence-electron chi connectivity index (χ3n) is 2.57. The zero-order valence-corrected chi connectivity index (χ0v) is 10.1. The van der Waals surface area contributed by atoms with Crippen LogP contribution in [0.4, 0.5) is 0 Å². The molecule has 88 valence electrons. The van der Waals surface area contributed by atoms with E-state index in [1.54, 1.807) is 14.0 Å². The van der Waals surface area contributed by atoms with Crippen LogP contribution in [0.3, 0.4) is 0 Å². The maximum atomic E-state index is 11.3. The number of ketones is 1. The average Bonchev–Trinajstić information content (AvgIpc) is 2.28. The molecule has 0 fully saturated rings. The smallest absolute Gasteiger partial charge is 0.149 e. The summed E-state index contributed by atoms with van der Waals surface area (Å²) in [4.78, 5) is 11.3. The average molecular weight is 221 g/mol. The molecule has 0 aliphatic rings. The van der Waals surface area contributed by atoms with Gasteiger partial charge in [0.25, 0.3) is 0 Å². The van der Waals surface area contributed by atoms with Crippen LogP contribution < -0.4 is 5.32 Å². The van der Waals surface area contributed by atoms with Crippen molar-refractivity contribution in [3.8, 4) is 0 Å². The lowest BCUT2D eigenvalue weighted by Crippen LogP contribution is -2.42. The Balaban J connectivity index is 2.46. The molecule has 0 aromatic heterocycles. The Labute approximate surface area is 96.8 Å². The standard InChI is InChI=1S/C13H19NO2/c1-10(15)13(14-3)11(2)16-9-12-7-5-4-6-8-12/h4-8,11,13-14H,9H2,1-3H3. The number of nitrogens with one attached hydrogen (secondary N) is 1. The summed E-state index contributed by atoms with van der Waals surface area (Å²) in [5.74, 6) is 0.100. The monoisotopic (exact) mass is 221 g/mol. The summed E-state index contributed by atoms with van der Waals surface area (Å²) in [6, 6.07) is 9.71. The summed E-state index contributed by atoms with van der Waals surface area (Å²) < 4.78 is 5.66. The Morgan fingerprint density at radius 3 is 2.50 bits per heavy atom. The molecule has 0 radical (unpaired) electrons. The molecule has 0 amide bonds. The topological polar surface area (TPSA) is 38.3 Å². The van der Waals surface area contributed by atoms with E-state index >= 15 is 0 Å². The third kappa shape index (κ3) is 3.76. The highest BCUT2D eigenvalue weighted by atomic mass is 16.5. The largest absolute Gasteiger partial charge is 0.372 e. The van der Waals surface area contributed by atoms with Crippen molar-refractivity contribution in [1.82, 2.24) is 5.32 Å². The minimum Gasteiger partial charge on any atom is -0.372 e. The number of carbonyl (C=O) groups is 1. The van der Waals surface area contributed by atoms with Crippen LogP contribution in [0, 0.1) is 0 Å². The van der Waals surface area contributed by atoms with Gasteiger partial charge in [0, 0.05) is 0 Å². The van der Waals surface area contributed by atoms with E-state index in [1.165, 1.54) is 0 Å². The molecule has 0 aliphatic carbocycles. The number of likely N-dealkylation sites (N-methyl/N-ethyl adjacent to an activating group) is 1. The quantitative estimate of drug-likeness (QED) is 0.795. The molecule has 1 aromatic carbocycles. The lowest BCUT2D eigenvalue weighted by molar-refractivity contribution is -0.122. The molecule has 1 aromatic rings. The lowest BCUT2D eigenvalue weighted by Gasteiger charge is -2.21. The first kappa shape index (κ1) is 12.9. The van der Waals surface area contributed by atoms with Crippen LogP contribution in [-0.4, -0.2) is 25.0 Å². The first-order valence-electron chi connectivity index (χ1n) is 5.48. The predicted molar refractivity (Wildman–Crippen MR) is 64.2 cm³/mol. The van der Waals surface area contributed by atoms with Gasteiger partial charge in [-0.05, 0) is 26.5 Å². The number of rotatable bonds is 6. The van der Waals surface area contributed by atoms with Gasteiger partial charge in [-0.1, -0.05) is 30.3 Å². The van der Waals surface area contributed by atoms with Gasteiger partial charge >= 0.3 is 0 Å². The molecule has 0 heterocycles. The van der Waals surface area contributed by atoms with Gasteiger partial charge in [0.1, 0.15) is 5.78 Å². The van der Waals surface area contributed by atoms with Crippen molar-refractivity contribution in [3.63, 3.8) is 0 Å². The molecule has 1 rings (SSSR count). The van der Waals surface area contributed by atoms with Crippen molar-refractivity contribution < 1.29 is 9.53 Å². The van der Waals surface area contributed by atoms with Crippen molar-refractivity contribution in [2.45, 2.75) is 32.6 Å². The summed E-state index contributed by atoms with van der Waals surface area (Å²) in [5.41, 5.74) is 1.12. The first-order chi connectivity index (χ1) is 7.65. The van der Waals surface area contributed by atoms with Crippen LogP contribution in [-0.2, 0) is 16.1 Å². The number of hydrogen-bond donors (Lipinski definition) is 1. The van der Waals surface area contributed by atoms with Gasteiger partial charge in [-0.15, -0.1) is 0 Å². The molecule has 0 spiro atoms. The van der Waals surface area contributed by atoms with E-state index in [1.807, 2.05) is 37.3 Å². The molecule has 2 atom stereocenters. The number of Topliss-reactive ketones (excluding diaryl/α,β-unsaturated/α-hetero) is 1. The first-order valence-corrected chi connectivity index (χ1v) is 5.48. The Kier molecular flexibility index (Phi) is 5.15. The molecule has 3 heteroatoms. The molecular weight excluding hydrogens is 202 g/mol. The molecule has 2 unspecified atom stereocenters. The molecule has 0 saturated carbocycles. The van der Waals surface area contributed by atoms with Crippen molar-refractivity contribution in [2.24, 2.45) is 0 Å². The summed E-state index contributed by atoms with van der Waals surface area (Å²) in [5, 5.41) is 2.96. The molecule has 0 aliphatic heterocycles. The fourth-order valence-electron chi connectivity index (χ4n) is 1.67.